The standard InChI is InChI=1S/C18H20ClNOS/c1-13-4-3-5-15(12-13)10-11-20-18(21)14(2)22-17-8-6-16(19)7-9-17/h3-9,12,14H,10-11H2,1-2H3,(H,20,21). The zero-order chi connectivity index (χ0) is 15.9. The van der Waals surface area contributed by atoms with E-state index < -0.39 is 0 Å². The highest BCUT2D eigenvalue weighted by Crippen LogP contribution is 2.24. The zero-order valence-corrected chi connectivity index (χ0v) is 14.4. The van der Waals surface area contributed by atoms with E-state index in [0.29, 0.717) is 11.6 Å². The Hall–Kier alpha value is -1.45. The van der Waals surface area contributed by atoms with Crippen LogP contribution in [0.1, 0.15) is 18.1 Å². The second-order valence-corrected chi connectivity index (χ2v) is 7.09. The number of rotatable bonds is 6. The first-order valence-corrected chi connectivity index (χ1v) is 8.56. The van der Waals surface area contributed by atoms with Gasteiger partial charge in [0.2, 0.25) is 5.91 Å². The Kier molecular flexibility index (Phi) is 6.34. The third kappa shape index (κ3) is 5.39. The molecule has 2 rings (SSSR count). The van der Waals surface area contributed by atoms with Crippen LogP contribution in [0.15, 0.2) is 53.4 Å². The van der Waals surface area contributed by atoms with E-state index in [2.05, 4.69) is 30.4 Å². The van der Waals surface area contributed by atoms with Crippen molar-refractivity contribution in [1.29, 1.82) is 0 Å². The minimum absolute atomic E-state index is 0.0626. The molecule has 0 heterocycles. The molecule has 4 heteroatoms. The molecule has 0 aliphatic rings. The summed E-state index contributed by atoms with van der Waals surface area (Å²) < 4.78 is 0. The largest absolute Gasteiger partial charge is 0.355 e. The number of carbonyl (C=O) groups is 1. The Morgan fingerprint density at radius 3 is 2.64 bits per heavy atom. The van der Waals surface area contributed by atoms with Crippen LogP contribution < -0.4 is 5.32 Å². The number of benzene rings is 2. The van der Waals surface area contributed by atoms with Crippen molar-refractivity contribution in [3.05, 3.63) is 64.7 Å². The van der Waals surface area contributed by atoms with E-state index >= 15 is 0 Å². The lowest BCUT2D eigenvalue weighted by atomic mass is 10.1. The normalized spacial score (nSPS) is 12.0. The lowest BCUT2D eigenvalue weighted by Crippen LogP contribution is -2.32. The summed E-state index contributed by atoms with van der Waals surface area (Å²) in [5.74, 6) is 0.0626. The van der Waals surface area contributed by atoms with Crippen LogP contribution in [0.5, 0.6) is 0 Å². The third-order valence-corrected chi connectivity index (χ3v) is 4.66. The van der Waals surface area contributed by atoms with Gasteiger partial charge in [-0.2, -0.15) is 0 Å². The maximum atomic E-state index is 12.1. The van der Waals surface area contributed by atoms with Crippen molar-refractivity contribution >= 4 is 29.3 Å². The van der Waals surface area contributed by atoms with Gasteiger partial charge in [0.05, 0.1) is 5.25 Å². The second-order valence-electron chi connectivity index (χ2n) is 5.24. The van der Waals surface area contributed by atoms with Crippen molar-refractivity contribution in [3.63, 3.8) is 0 Å². The van der Waals surface area contributed by atoms with Gasteiger partial charge in [0.15, 0.2) is 0 Å². The highest BCUT2D eigenvalue weighted by Gasteiger charge is 2.13. The number of halogens is 1. The summed E-state index contributed by atoms with van der Waals surface area (Å²) in [5.41, 5.74) is 2.49. The van der Waals surface area contributed by atoms with E-state index in [-0.39, 0.29) is 11.2 Å². The van der Waals surface area contributed by atoms with Gasteiger partial charge in [-0.15, -0.1) is 11.8 Å². The van der Waals surface area contributed by atoms with E-state index in [1.807, 2.05) is 37.3 Å². The van der Waals surface area contributed by atoms with Crippen molar-refractivity contribution < 1.29 is 4.79 Å². The first-order chi connectivity index (χ1) is 10.5. The quantitative estimate of drug-likeness (QED) is 0.789. The molecule has 0 aromatic heterocycles. The van der Waals surface area contributed by atoms with Crippen LogP contribution in [0.4, 0.5) is 0 Å². The summed E-state index contributed by atoms with van der Waals surface area (Å²) in [4.78, 5) is 13.2. The zero-order valence-electron chi connectivity index (χ0n) is 12.8. The molecule has 1 unspecified atom stereocenters. The number of aryl methyl sites for hydroxylation is 1. The van der Waals surface area contributed by atoms with Crippen molar-refractivity contribution in [1.82, 2.24) is 5.32 Å². The van der Waals surface area contributed by atoms with Crippen molar-refractivity contribution in [3.8, 4) is 0 Å². The lowest BCUT2D eigenvalue weighted by molar-refractivity contribution is -0.120. The molecule has 22 heavy (non-hydrogen) atoms. The van der Waals surface area contributed by atoms with Gasteiger partial charge in [0.25, 0.3) is 0 Å². The Balaban J connectivity index is 1.77. The minimum Gasteiger partial charge on any atom is -0.355 e. The van der Waals surface area contributed by atoms with E-state index in [9.17, 15) is 4.79 Å². The Morgan fingerprint density at radius 2 is 1.95 bits per heavy atom. The predicted octanol–water partition coefficient (Wildman–Crippen LogP) is 4.49. The average Bonchev–Trinajstić information content (AvgIpc) is 2.49. The molecule has 1 amide bonds. The van der Waals surface area contributed by atoms with Gasteiger partial charge in [-0.1, -0.05) is 41.4 Å². The van der Waals surface area contributed by atoms with Crippen LogP contribution in [0.2, 0.25) is 5.02 Å². The highest BCUT2D eigenvalue weighted by molar-refractivity contribution is 8.00. The van der Waals surface area contributed by atoms with E-state index in [1.54, 1.807) is 0 Å². The van der Waals surface area contributed by atoms with E-state index in [4.69, 9.17) is 11.6 Å². The molecule has 0 aliphatic heterocycles. The van der Waals surface area contributed by atoms with Gasteiger partial charge >= 0.3 is 0 Å². The predicted molar refractivity (Wildman–Crippen MR) is 94.7 cm³/mol. The number of hydrogen-bond donors (Lipinski definition) is 1. The fourth-order valence-electron chi connectivity index (χ4n) is 2.11. The SMILES string of the molecule is Cc1cccc(CCNC(=O)C(C)Sc2ccc(Cl)cc2)c1. The lowest BCUT2D eigenvalue weighted by Gasteiger charge is -2.12. The Labute approximate surface area is 141 Å². The van der Waals surface area contributed by atoms with E-state index in [0.717, 1.165) is 11.3 Å². The van der Waals surface area contributed by atoms with Crippen LogP contribution in [-0.2, 0) is 11.2 Å². The van der Waals surface area contributed by atoms with Crippen LogP contribution in [-0.4, -0.2) is 17.7 Å². The summed E-state index contributed by atoms with van der Waals surface area (Å²) >= 11 is 7.40. The van der Waals surface area contributed by atoms with Crippen LogP contribution in [0.3, 0.4) is 0 Å². The van der Waals surface area contributed by atoms with Gasteiger partial charge in [-0.25, -0.2) is 0 Å². The van der Waals surface area contributed by atoms with Gasteiger partial charge in [0.1, 0.15) is 0 Å². The molecule has 1 atom stereocenters. The Morgan fingerprint density at radius 1 is 1.23 bits per heavy atom. The number of thioether (sulfide) groups is 1. The molecule has 0 fully saturated rings. The average molecular weight is 334 g/mol. The van der Waals surface area contributed by atoms with Crippen LogP contribution >= 0.6 is 23.4 Å². The molecule has 1 N–H and O–H groups in total. The molecule has 2 aromatic rings. The van der Waals surface area contributed by atoms with Gasteiger partial charge in [0, 0.05) is 16.5 Å². The molecule has 2 nitrogen and oxygen atoms in total. The van der Waals surface area contributed by atoms with Gasteiger partial charge in [-0.05, 0) is 50.1 Å². The molecule has 0 aliphatic carbocycles. The molecular weight excluding hydrogens is 314 g/mol. The topological polar surface area (TPSA) is 29.1 Å². The molecular formula is C18H20ClNOS. The van der Waals surface area contributed by atoms with Crippen LogP contribution in [0, 0.1) is 6.92 Å². The fraction of sp³-hybridized carbons (Fsp3) is 0.278. The summed E-state index contributed by atoms with van der Waals surface area (Å²) in [6.45, 7) is 4.65. The monoisotopic (exact) mass is 333 g/mol. The highest BCUT2D eigenvalue weighted by atomic mass is 35.5. The van der Waals surface area contributed by atoms with E-state index in [1.165, 1.54) is 22.9 Å². The van der Waals surface area contributed by atoms with Gasteiger partial charge < -0.3 is 5.32 Å². The van der Waals surface area contributed by atoms with Crippen molar-refractivity contribution in [2.45, 2.75) is 30.4 Å². The molecule has 116 valence electrons. The first-order valence-electron chi connectivity index (χ1n) is 7.30. The first kappa shape index (κ1) is 16.9. The smallest absolute Gasteiger partial charge is 0.233 e. The maximum absolute atomic E-state index is 12.1. The number of nitrogens with one attached hydrogen (secondary N) is 1. The van der Waals surface area contributed by atoms with Gasteiger partial charge in [-0.3, -0.25) is 4.79 Å². The summed E-state index contributed by atoms with van der Waals surface area (Å²) in [6.07, 6.45) is 0.853. The maximum Gasteiger partial charge on any atom is 0.233 e. The third-order valence-electron chi connectivity index (χ3n) is 3.29. The number of carbonyl (C=O) groups excluding carboxylic acids is 1. The molecule has 0 radical (unpaired) electrons. The second kappa shape index (κ2) is 8.25. The minimum atomic E-state index is -0.126. The summed E-state index contributed by atoms with van der Waals surface area (Å²) in [7, 11) is 0. The van der Waals surface area contributed by atoms with Crippen molar-refractivity contribution in [2.24, 2.45) is 0 Å². The summed E-state index contributed by atoms with van der Waals surface area (Å²) in [5, 5.41) is 3.58. The fourth-order valence-corrected chi connectivity index (χ4v) is 3.13. The molecule has 0 saturated heterocycles. The number of amides is 1. The molecule has 2 aromatic carbocycles. The molecule has 0 saturated carbocycles. The van der Waals surface area contributed by atoms with Crippen molar-refractivity contribution in [2.75, 3.05) is 6.54 Å². The molecule has 0 bridgehead atoms. The molecule has 0 spiro atoms. The van der Waals surface area contributed by atoms with Crippen LogP contribution in [0.25, 0.3) is 0 Å². The Bertz CT molecular complexity index is 627. The number of hydrogen-bond acceptors (Lipinski definition) is 2. The summed E-state index contributed by atoms with van der Waals surface area (Å²) in [6, 6.07) is 15.9.